The molecule has 0 radical (unpaired) electrons. The summed E-state index contributed by atoms with van der Waals surface area (Å²) in [4.78, 5) is 70.9. The fourth-order valence-electron chi connectivity index (χ4n) is 6.59. The average Bonchev–Trinajstić information content (AvgIpc) is 3.64. The highest BCUT2D eigenvalue weighted by Gasteiger charge is 2.62. The molecule has 0 bridgehead atoms. The molecule has 1 spiro atoms. The topological polar surface area (TPSA) is 174 Å². The number of ketones is 4. The lowest BCUT2D eigenvalue weighted by Gasteiger charge is -2.23. The minimum Gasteiger partial charge on any atom is -0.507 e. The first-order valence-electron chi connectivity index (χ1n) is 13.7. The van der Waals surface area contributed by atoms with E-state index in [4.69, 9.17) is 0 Å². The molecule has 43 heavy (non-hydrogen) atoms. The van der Waals surface area contributed by atoms with Gasteiger partial charge in [0, 0.05) is 32.3 Å². The Morgan fingerprint density at radius 2 is 1.63 bits per heavy atom. The Bertz CT molecular complexity index is 2060. The molecule has 11 heteroatoms. The van der Waals surface area contributed by atoms with Gasteiger partial charge < -0.3 is 25.6 Å². The molecule has 2 aromatic carbocycles. The monoisotopic (exact) mass is 690 g/mol. The van der Waals surface area contributed by atoms with Gasteiger partial charge in [-0.25, -0.2) is 0 Å². The van der Waals surface area contributed by atoms with E-state index in [2.05, 4.69) is 10.3 Å². The predicted octanol–water partition coefficient (Wildman–Crippen LogP) is 4.12. The molecule has 0 amide bonds. The third-order valence-corrected chi connectivity index (χ3v) is 9.93. The maximum absolute atomic E-state index is 14.3. The van der Waals surface area contributed by atoms with E-state index in [-0.39, 0.29) is 35.5 Å². The predicted molar refractivity (Wildman–Crippen MR) is 164 cm³/mol. The molecule has 0 saturated heterocycles. The molecule has 4 aliphatic rings. The largest absolute Gasteiger partial charge is 0.507 e. The zero-order chi connectivity index (χ0) is 30.5. The fraction of sp³-hybridized carbons (Fsp3) is 0.219. The number of carbonyl (C=O) groups excluding carboxylic acids is 4. The van der Waals surface area contributed by atoms with Gasteiger partial charge in [-0.15, -0.1) is 0 Å². The second-order valence-electron chi connectivity index (χ2n) is 11.2. The van der Waals surface area contributed by atoms with E-state index in [9.17, 15) is 39.3 Å². The summed E-state index contributed by atoms with van der Waals surface area (Å²) in [6.45, 7) is 1.85. The number of Topliss-reactive ketones (excluding diaryl/α,β-unsaturated/α-hetero) is 3. The van der Waals surface area contributed by atoms with Crippen molar-refractivity contribution < 1.29 is 34.5 Å². The van der Waals surface area contributed by atoms with Gasteiger partial charge in [-0.2, -0.15) is 0 Å². The van der Waals surface area contributed by atoms with Crippen LogP contribution in [0.4, 0.5) is 0 Å². The third-order valence-electron chi connectivity index (χ3n) is 8.69. The molecule has 4 aliphatic carbocycles. The molecule has 1 heterocycles. The summed E-state index contributed by atoms with van der Waals surface area (Å²) in [7, 11) is 0. The standard InChI is InChI=1S/C32H23IN2O8/c1-2-3-4-5-13-10-15-18(31(43)35-13)28(40)23-14(24(15)33)8-9-32(23)29(41)21-22(30(32)42)27(39)20-19(26(21)38)17(36)11-16(25(20)37)34-12-6-7-12/h2-5,10-12,34,38-40H,6-9H2,1H3,(H,35,43)/b3-2+,5-4+/t32-/m0/s1. The molecule has 1 saturated carbocycles. The first-order valence-corrected chi connectivity index (χ1v) is 14.8. The van der Waals surface area contributed by atoms with Gasteiger partial charge in [-0.1, -0.05) is 18.2 Å². The number of phenolic OH excluding ortho intramolecular Hbond substituents is 3. The molecule has 7 rings (SSSR count). The second kappa shape index (κ2) is 9.24. The van der Waals surface area contributed by atoms with Crippen LogP contribution in [0.25, 0.3) is 16.8 Å². The van der Waals surface area contributed by atoms with Crippen molar-refractivity contribution in [3.05, 3.63) is 89.1 Å². The summed E-state index contributed by atoms with van der Waals surface area (Å²) in [5.41, 5.74) is -4.10. The van der Waals surface area contributed by atoms with Crippen LogP contribution in [0.1, 0.15) is 84.4 Å². The first kappa shape index (κ1) is 27.3. The molecule has 0 aliphatic heterocycles. The zero-order valence-electron chi connectivity index (χ0n) is 22.6. The lowest BCUT2D eigenvalue weighted by atomic mass is 9.76. The van der Waals surface area contributed by atoms with Gasteiger partial charge in [0.1, 0.15) is 22.7 Å². The number of aromatic amines is 1. The summed E-state index contributed by atoms with van der Waals surface area (Å²) in [6, 6.07) is 1.69. The fourth-order valence-corrected chi connectivity index (χ4v) is 7.55. The molecule has 1 aromatic heterocycles. The Labute approximate surface area is 257 Å². The van der Waals surface area contributed by atoms with Crippen LogP contribution in [0.2, 0.25) is 0 Å². The van der Waals surface area contributed by atoms with Crippen molar-refractivity contribution in [2.24, 2.45) is 0 Å². The van der Waals surface area contributed by atoms with E-state index in [1.807, 2.05) is 35.6 Å². The van der Waals surface area contributed by atoms with Crippen molar-refractivity contribution in [3.63, 3.8) is 0 Å². The number of benzene rings is 2. The number of hydrogen-bond donors (Lipinski definition) is 5. The van der Waals surface area contributed by atoms with Gasteiger partial charge in [0.2, 0.25) is 5.78 Å². The molecule has 10 nitrogen and oxygen atoms in total. The number of H-pyrrole nitrogens is 1. The number of pyridine rings is 1. The highest BCUT2D eigenvalue weighted by Crippen LogP contribution is 2.58. The van der Waals surface area contributed by atoms with Crippen molar-refractivity contribution >= 4 is 62.6 Å². The third kappa shape index (κ3) is 3.54. The van der Waals surface area contributed by atoms with Crippen LogP contribution in [0.3, 0.4) is 0 Å². The van der Waals surface area contributed by atoms with E-state index in [1.54, 1.807) is 24.3 Å². The highest BCUT2D eigenvalue weighted by atomic mass is 127. The molecule has 1 fully saturated rings. The maximum Gasteiger partial charge on any atom is 0.260 e. The number of hydrogen-bond acceptors (Lipinski definition) is 9. The van der Waals surface area contributed by atoms with Gasteiger partial charge >= 0.3 is 0 Å². The Morgan fingerprint density at radius 3 is 2.28 bits per heavy atom. The molecule has 3 aromatic rings. The normalized spacial score (nSPS) is 20.9. The van der Waals surface area contributed by atoms with Crippen LogP contribution < -0.4 is 10.9 Å². The first-order chi connectivity index (χ1) is 20.5. The van der Waals surface area contributed by atoms with Crippen LogP contribution in [0.5, 0.6) is 17.2 Å². The van der Waals surface area contributed by atoms with Gasteiger partial charge in [-0.05, 0) is 72.9 Å². The van der Waals surface area contributed by atoms with Crippen LogP contribution >= 0.6 is 22.6 Å². The summed E-state index contributed by atoms with van der Waals surface area (Å²) in [5, 5.41) is 37.4. The Hall–Kier alpha value is -4.52. The van der Waals surface area contributed by atoms with Crippen LogP contribution in [-0.4, -0.2) is 49.5 Å². The van der Waals surface area contributed by atoms with Crippen molar-refractivity contribution in [2.75, 3.05) is 0 Å². The number of nitrogens with one attached hydrogen (secondary N) is 2. The summed E-state index contributed by atoms with van der Waals surface area (Å²) in [6.07, 6.45) is 9.73. The molecular weight excluding hydrogens is 667 g/mol. The molecule has 1 atom stereocenters. The van der Waals surface area contributed by atoms with Crippen LogP contribution in [-0.2, 0) is 11.8 Å². The molecule has 0 unspecified atom stereocenters. The SMILES string of the molecule is C/C=C/C=C/c1cc2c(I)c3c(c(O)c2c(=O)[nH]1)[C@@]1(CC3)C(=O)c2c(O)c3c(c(O)c2C1=O)C(=O)C(NC1CC1)=CC3=O. The van der Waals surface area contributed by atoms with E-state index in [0.717, 1.165) is 18.9 Å². The number of aromatic nitrogens is 1. The number of carbonyl (C=O) groups is 4. The molecule has 5 N–H and O–H groups in total. The lowest BCUT2D eigenvalue weighted by molar-refractivity contribution is 0.0790. The van der Waals surface area contributed by atoms with Crippen molar-refractivity contribution in [1.29, 1.82) is 0 Å². The second-order valence-corrected chi connectivity index (χ2v) is 12.3. The summed E-state index contributed by atoms with van der Waals surface area (Å²) in [5.74, 6) is -5.68. The Balaban J connectivity index is 1.44. The van der Waals surface area contributed by atoms with E-state index < -0.39 is 73.6 Å². The molecular formula is C32H23IN2O8. The maximum atomic E-state index is 14.3. The number of halogens is 1. The van der Waals surface area contributed by atoms with Gasteiger partial charge in [0.15, 0.2) is 17.3 Å². The average molecular weight is 690 g/mol. The van der Waals surface area contributed by atoms with Crippen molar-refractivity contribution in [3.8, 4) is 17.2 Å². The summed E-state index contributed by atoms with van der Waals surface area (Å²) < 4.78 is 0.568. The van der Waals surface area contributed by atoms with Gasteiger partial charge in [0.25, 0.3) is 5.56 Å². The highest BCUT2D eigenvalue weighted by molar-refractivity contribution is 14.1. The van der Waals surface area contributed by atoms with E-state index in [0.29, 0.717) is 20.2 Å². The minimum atomic E-state index is -2.07. The van der Waals surface area contributed by atoms with Gasteiger partial charge in [0.05, 0.1) is 33.3 Å². The van der Waals surface area contributed by atoms with Crippen LogP contribution in [0, 0.1) is 3.57 Å². The van der Waals surface area contributed by atoms with Crippen LogP contribution in [0.15, 0.2) is 40.9 Å². The van der Waals surface area contributed by atoms with Crippen molar-refractivity contribution in [2.45, 2.75) is 44.1 Å². The number of phenols is 3. The number of allylic oxidation sites excluding steroid dienone is 5. The Kier molecular flexibility index (Phi) is 5.87. The number of rotatable bonds is 4. The Morgan fingerprint density at radius 1 is 0.953 bits per heavy atom. The smallest absolute Gasteiger partial charge is 0.260 e. The zero-order valence-corrected chi connectivity index (χ0v) is 24.8. The van der Waals surface area contributed by atoms with Crippen molar-refractivity contribution in [1.82, 2.24) is 10.3 Å². The molecule has 216 valence electrons. The minimum absolute atomic E-state index is 0.000104. The lowest BCUT2D eigenvalue weighted by Crippen LogP contribution is -2.36. The number of aromatic hydroxyl groups is 3. The van der Waals surface area contributed by atoms with E-state index >= 15 is 0 Å². The van der Waals surface area contributed by atoms with E-state index in [1.165, 1.54) is 0 Å². The number of fused-ring (bicyclic) bond motifs is 5. The quantitative estimate of drug-likeness (QED) is 0.117. The summed E-state index contributed by atoms with van der Waals surface area (Å²) >= 11 is 2.02. The van der Waals surface area contributed by atoms with Gasteiger partial charge in [-0.3, -0.25) is 24.0 Å².